The van der Waals surface area contributed by atoms with E-state index in [0.717, 1.165) is 5.56 Å². The standard InChI is InChI=1S/C23H28ClN7O3/c1-13(20-29-19(30-34-20)15-6-8-16(24)9-7-15)27-21-25-11-10-18(28-21)31-17(12-26-22(31)32)14(2)33-23(3,4)5/h6-11,13-14,17H,12H2,1-5H3,(H,26,32)(H,25,27,28)/t13?,14-,17-/m1/s1. The number of anilines is 2. The van der Waals surface area contributed by atoms with Crippen LogP contribution in [0.1, 0.15) is 46.6 Å². The summed E-state index contributed by atoms with van der Waals surface area (Å²) in [6.07, 6.45) is 1.40. The quantitative estimate of drug-likeness (QED) is 0.503. The van der Waals surface area contributed by atoms with Crippen molar-refractivity contribution in [3.63, 3.8) is 0 Å². The first-order valence-electron chi connectivity index (χ1n) is 11.0. The highest BCUT2D eigenvalue weighted by atomic mass is 35.5. The molecule has 2 amide bonds. The minimum Gasteiger partial charge on any atom is -0.371 e. The van der Waals surface area contributed by atoms with Crippen LogP contribution in [0.5, 0.6) is 0 Å². The molecule has 3 atom stereocenters. The molecule has 4 rings (SSSR count). The van der Waals surface area contributed by atoms with E-state index in [4.69, 9.17) is 20.9 Å². The van der Waals surface area contributed by atoms with Gasteiger partial charge in [-0.3, -0.25) is 4.90 Å². The number of benzene rings is 1. The van der Waals surface area contributed by atoms with Gasteiger partial charge in [-0.15, -0.1) is 0 Å². The van der Waals surface area contributed by atoms with Gasteiger partial charge in [-0.25, -0.2) is 9.78 Å². The van der Waals surface area contributed by atoms with Gasteiger partial charge in [0.1, 0.15) is 11.9 Å². The Balaban J connectivity index is 1.49. The Bertz CT molecular complexity index is 1150. The first kappa shape index (κ1) is 23.9. The lowest BCUT2D eigenvalue weighted by Gasteiger charge is -2.32. The first-order valence-corrected chi connectivity index (χ1v) is 11.4. The van der Waals surface area contributed by atoms with Gasteiger partial charge in [-0.2, -0.15) is 9.97 Å². The maximum absolute atomic E-state index is 12.6. The summed E-state index contributed by atoms with van der Waals surface area (Å²) in [5, 5.41) is 10.7. The third kappa shape index (κ3) is 5.45. The third-order valence-electron chi connectivity index (χ3n) is 5.24. The van der Waals surface area contributed by atoms with E-state index in [1.807, 2.05) is 46.8 Å². The Morgan fingerprint density at radius 1 is 1.21 bits per heavy atom. The molecule has 0 radical (unpaired) electrons. The third-order valence-corrected chi connectivity index (χ3v) is 5.49. The summed E-state index contributed by atoms with van der Waals surface area (Å²) >= 11 is 5.94. The fraction of sp³-hybridized carbons (Fsp3) is 0.435. The molecule has 1 aromatic carbocycles. The van der Waals surface area contributed by atoms with E-state index in [2.05, 4.69) is 30.7 Å². The summed E-state index contributed by atoms with van der Waals surface area (Å²) in [5.74, 6) is 1.64. The minimum atomic E-state index is -0.366. The Morgan fingerprint density at radius 3 is 2.65 bits per heavy atom. The van der Waals surface area contributed by atoms with E-state index in [-0.39, 0.29) is 29.8 Å². The van der Waals surface area contributed by atoms with Crippen LogP contribution in [0.25, 0.3) is 11.4 Å². The number of nitrogens with zero attached hydrogens (tertiary/aromatic N) is 5. The summed E-state index contributed by atoms with van der Waals surface area (Å²) in [6.45, 7) is 10.3. The van der Waals surface area contributed by atoms with E-state index in [1.54, 1.807) is 29.3 Å². The van der Waals surface area contributed by atoms with E-state index in [1.165, 1.54) is 0 Å². The van der Waals surface area contributed by atoms with Crippen LogP contribution in [-0.2, 0) is 4.74 Å². The highest BCUT2D eigenvalue weighted by Gasteiger charge is 2.38. The SMILES string of the molecule is CC(Nc1nccc(N2C(=O)NC[C@@H]2[C@@H](C)OC(C)(C)C)n1)c1nc(-c2ccc(Cl)cc2)no1. The number of rotatable bonds is 7. The average molecular weight is 486 g/mol. The van der Waals surface area contributed by atoms with Crippen LogP contribution in [0.3, 0.4) is 0 Å². The summed E-state index contributed by atoms with van der Waals surface area (Å²) < 4.78 is 11.5. The number of ether oxygens (including phenoxy) is 1. The van der Waals surface area contributed by atoms with Crippen molar-refractivity contribution in [2.45, 2.75) is 58.4 Å². The molecule has 0 aliphatic carbocycles. The lowest BCUT2D eigenvalue weighted by molar-refractivity contribution is -0.0588. The highest BCUT2D eigenvalue weighted by Crippen LogP contribution is 2.26. The molecule has 11 heteroatoms. The molecule has 1 saturated heterocycles. The summed E-state index contributed by atoms with van der Waals surface area (Å²) in [5.41, 5.74) is 0.460. The van der Waals surface area contributed by atoms with E-state index in [0.29, 0.717) is 35.0 Å². The molecule has 0 bridgehead atoms. The van der Waals surface area contributed by atoms with Crippen molar-refractivity contribution in [1.29, 1.82) is 0 Å². The van der Waals surface area contributed by atoms with E-state index >= 15 is 0 Å². The number of urea groups is 1. The Hall–Kier alpha value is -3.24. The maximum atomic E-state index is 12.6. The lowest BCUT2D eigenvalue weighted by atomic mass is 10.1. The molecular formula is C23H28ClN7O3. The zero-order valence-electron chi connectivity index (χ0n) is 19.7. The molecule has 1 fully saturated rings. The molecule has 0 saturated carbocycles. The second-order valence-electron chi connectivity index (χ2n) is 9.13. The van der Waals surface area contributed by atoms with Crippen molar-refractivity contribution >= 4 is 29.4 Å². The van der Waals surface area contributed by atoms with Crippen molar-refractivity contribution in [1.82, 2.24) is 25.4 Å². The minimum absolute atomic E-state index is 0.200. The maximum Gasteiger partial charge on any atom is 0.323 e. The smallest absolute Gasteiger partial charge is 0.323 e. The van der Waals surface area contributed by atoms with Crippen molar-refractivity contribution in [3.8, 4) is 11.4 Å². The van der Waals surface area contributed by atoms with Gasteiger partial charge < -0.3 is 19.9 Å². The second kappa shape index (κ2) is 9.55. The molecule has 2 aromatic heterocycles. The van der Waals surface area contributed by atoms with Crippen LogP contribution in [0.15, 0.2) is 41.1 Å². The van der Waals surface area contributed by atoms with Gasteiger partial charge in [0.05, 0.1) is 17.7 Å². The number of aromatic nitrogens is 4. The molecular weight excluding hydrogens is 458 g/mol. The predicted octanol–water partition coefficient (Wildman–Crippen LogP) is 4.45. The topological polar surface area (TPSA) is 118 Å². The van der Waals surface area contributed by atoms with Crippen LogP contribution in [0.4, 0.5) is 16.6 Å². The van der Waals surface area contributed by atoms with Crippen molar-refractivity contribution < 1.29 is 14.1 Å². The molecule has 0 spiro atoms. The summed E-state index contributed by atoms with van der Waals surface area (Å²) in [7, 11) is 0. The number of hydrogen-bond acceptors (Lipinski definition) is 8. The number of halogens is 1. The Morgan fingerprint density at radius 2 is 1.94 bits per heavy atom. The fourth-order valence-electron chi connectivity index (χ4n) is 3.74. The number of hydrogen-bond donors (Lipinski definition) is 2. The lowest BCUT2D eigenvalue weighted by Crippen LogP contribution is -2.45. The highest BCUT2D eigenvalue weighted by molar-refractivity contribution is 6.30. The summed E-state index contributed by atoms with van der Waals surface area (Å²) in [4.78, 5) is 27.5. The van der Waals surface area contributed by atoms with Crippen LogP contribution in [0, 0.1) is 0 Å². The second-order valence-corrected chi connectivity index (χ2v) is 9.56. The van der Waals surface area contributed by atoms with E-state index < -0.39 is 0 Å². The molecule has 1 aliphatic rings. The molecule has 2 N–H and O–H groups in total. The average Bonchev–Trinajstić information content (AvgIpc) is 3.40. The van der Waals surface area contributed by atoms with Gasteiger partial charge >= 0.3 is 6.03 Å². The zero-order chi connectivity index (χ0) is 24.5. The van der Waals surface area contributed by atoms with Crippen molar-refractivity contribution in [2.24, 2.45) is 0 Å². The van der Waals surface area contributed by atoms with Crippen LogP contribution < -0.4 is 15.5 Å². The molecule has 3 aromatic rings. The van der Waals surface area contributed by atoms with Crippen LogP contribution in [-0.4, -0.2) is 50.4 Å². The van der Waals surface area contributed by atoms with E-state index in [9.17, 15) is 4.79 Å². The fourth-order valence-corrected chi connectivity index (χ4v) is 3.87. The van der Waals surface area contributed by atoms with Gasteiger partial charge in [0.15, 0.2) is 0 Å². The number of nitrogens with one attached hydrogen (secondary N) is 2. The normalized spacial score (nSPS) is 18.0. The molecule has 34 heavy (non-hydrogen) atoms. The van der Waals surface area contributed by atoms with Crippen molar-refractivity contribution in [3.05, 3.63) is 47.4 Å². The molecule has 1 unspecified atom stereocenters. The zero-order valence-corrected chi connectivity index (χ0v) is 20.5. The Kier molecular flexibility index (Phi) is 6.72. The number of carbonyl (C=O) groups is 1. The molecule has 180 valence electrons. The number of carbonyl (C=O) groups excluding carboxylic acids is 1. The first-order chi connectivity index (χ1) is 16.1. The molecule has 10 nitrogen and oxygen atoms in total. The van der Waals surface area contributed by atoms with Crippen molar-refractivity contribution in [2.75, 3.05) is 16.8 Å². The van der Waals surface area contributed by atoms with Gasteiger partial charge in [-0.05, 0) is 65.0 Å². The largest absolute Gasteiger partial charge is 0.371 e. The van der Waals surface area contributed by atoms with Gasteiger partial charge in [0.2, 0.25) is 17.7 Å². The molecule has 1 aliphatic heterocycles. The molecule has 3 heterocycles. The van der Waals surface area contributed by atoms with Crippen LogP contribution >= 0.6 is 11.6 Å². The van der Waals surface area contributed by atoms with Gasteiger partial charge in [0.25, 0.3) is 0 Å². The summed E-state index contributed by atoms with van der Waals surface area (Å²) in [6, 6.07) is 8.08. The van der Waals surface area contributed by atoms with Gasteiger partial charge in [-0.1, -0.05) is 16.8 Å². The Labute approximate surface area is 203 Å². The van der Waals surface area contributed by atoms with Gasteiger partial charge in [0, 0.05) is 23.3 Å². The predicted molar refractivity (Wildman–Crippen MR) is 129 cm³/mol. The monoisotopic (exact) mass is 485 g/mol. The van der Waals surface area contributed by atoms with Crippen LogP contribution in [0.2, 0.25) is 5.02 Å². The number of amides is 2.